The maximum Gasteiger partial charge on any atom is 0.336 e. The van der Waals surface area contributed by atoms with Crippen molar-refractivity contribution in [3.05, 3.63) is 75.9 Å². The van der Waals surface area contributed by atoms with Crippen LogP contribution in [0.15, 0.2) is 63.8 Å². The first kappa shape index (κ1) is 31.1. The fourth-order valence-electron chi connectivity index (χ4n) is 5.16. The summed E-state index contributed by atoms with van der Waals surface area (Å²) in [7, 11) is 0. The van der Waals surface area contributed by atoms with E-state index in [1.807, 2.05) is 0 Å². The summed E-state index contributed by atoms with van der Waals surface area (Å²) in [6, 6.07) is 12.6. The zero-order valence-corrected chi connectivity index (χ0v) is 23.3. The van der Waals surface area contributed by atoms with Crippen LogP contribution in [-0.4, -0.2) is 93.0 Å². The van der Waals surface area contributed by atoms with Crippen molar-refractivity contribution in [2.75, 3.05) is 19.8 Å². The molecule has 1 amide bonds. The normalized spacial score (nSPS) is 21.9. The summed E-state index contributed by atoms with van der Waals surface area (Å²) in [6.07, 6.45) is -5.96. The van der Waals surface area contributed by atoms with Crippen molar-refractivity contribution >= 4 is 22.8 Å². The van der Waals surface area contributed by atoms with Crippen molar-refractivity contribution in [3.63, 3.8) is 0 Å². The average Bonchev–Trinajstić information content (AvgIpc) is 3.00. The molecule has 2 aliphatic heterocycles. The Hall–Kier alpha value is -4.37. The Balaban J connectivity index is 1.31. The fraction of sp³-hybridized carbons (Fsp3) is 0.323. The maximum atomic E-state index is 13.1. The van der Waals surface area contributed by atoms with E-state index >= 15 is 0 Å². The zero-order chi connectivity index (χ0) is 31.5. The smallest absolute Gasteiger partial charge is 0.336 e. The van der Waals surface area contributed by atoms with Gasteiger partial charge in [-0.1, -0.05) is 0 Å². The van der Waals surface area contributed by atoms with Crippen LogP contribution in [0.25, 0.3) is 33.4 Å². The molecule has 232 valence electrons. The summed E-state index contributed by atoms with van der Waals surface area (Å²) in [5.41, 5.74) is 1.07. The summed E-state index contributed by atoms with van der Waals surface area (Å²) in [6.45, 7) is -0.243. The number of phenols is 1. The second kappa shape index (κ2) is 13.1. The number of aliphatic hydroxyl groups excluding tert-OH is 4. The second-order valence-electron chi connectivity index (χ2n) is 10.4. The number of hydrogen-bond donors (Lipinski definition) is 7. The number of aromatic carboxylic acids is 1. The summed E-state index contributed by atoms with van der Waals surface area (Å²) in [4.78, 5) is 37.4. The number of phenolic OH excluding ortho intramolecular Hbond substituents is 1. The molecule has 0 bridgehead atoms. The summed E-state index contributed by atoms with van der Waals surface area (Å²) >= 11 is 0. The highest BCUT2D eigenvalue weighted by Crippen LogP contribution is 2.42. The molecule has 7 N–H and O–H groups in total. The molecule has 0 unspecified atom stereocenters. The highest BCUT2D eigenvalue weighted by atomic mass is 16.7. The molecule has 2 aromatic rings. The van der Waals surface area contributed by atoms with Gasteiger partial charge in [0.2, 0.25) is 0 Å². The maximum absolute atomic E-state index is 13.1. The molecule has 5 rings (SSSR count). The van der Waals surface area contributed by atoms with Gasteiger partial charge < -0.3 is 49.8 Å². The Morgan fingerprint density at radius 3 is 2.45 bits per heavy atom. The lowest BCUT2D eigenvalue weighted by molar-refractivity contribution is -0.301. The Bertz CT molecular complexity index is 1700. The van der Waals surface area contributed by atoms with Crippen LogP contribution in [0.3, 0.4) is 0 Å². The first-order chi connectivity index (χ1) is 21.1. The second-order valence-corrected chi connectivity index (χ2v) is 10.4. The van der Waals surface area contributed by atoms with Gasteiger partial charge in [-0.05, 0) is 60.9 Å². The van der Waals surface area contributed by atoms with Crippen molar-refractivity contribution in [3.8, 4) is 28.2 Å². The minimum atomic E-state index is -1.54. The van der Waals surface area contributed by atoms with Crippen LogP contribution in [0, 0.1) is 0 Å². The number of carbonyl (C=O) groups excluding carboxylic acids is 1. The number of carboxylic acid groups (broad SMARTS) is 1. The molecule has 2 aromatic carbocycles. The molecule has 5 atom stereocenters. The Morgan fingerprint density at radius 2 is 1.70 bits per heavy atom. The number of aromatic hydroxyl groups is 1. The van der Waals surface area contributed by atoms with Crippen LogP contribution in [0.4, 0.5) is 0 Å². The topological polar surface area (TPSA) is 216 Å². The quantitative estimate of drug-likeness (QED) is 0.100. The Kier molecular flexibility index (Phi) is 9.25. The number of ether oxygens (including phenoxy) is 2. The van der Waals surface area contributed by atoms with Gasteiger partial charge in [-0.25, -0.2) is 4.79 Å². The predicted molar refractivity (Wildman–Crippen MR) is 154 cm³/mol. The van der Waals surface area contributed by atoms with Gasteiger partial charge in [0.05, 0.1) is 12.2 Å². The highest BCUT2D eigenvalue weighted by Gasteiger charge is 2.43. The van der Waals surface area contributed by atoms with Gasteiger partial charge in [0, 0.05) is 47.4 Å². The van der Waals surface area contributed by atoms with E-state index in [1.54, 1.807) is 6.07 Å². The summed E-state index contributed by atoms with van der Waals surface area (Å²) in [5.74, 6) is -1.60. The fourth-order valence-corrected chi connectivity index (χ4v) is 5.16. The third-order valence-electron chi connectivity index (χ3n) is 7.45. The van der Waals surface area contributed by atoms with Crippen LogP contribution in [0.1, 0.15) is 33.6 Å². The lowest BCUT2D eigenvalue weighted by Crippen LogP contribution is -2.59. The highest BCUT2D eigenvalue weighted by molar-refractivity contribution is 6.09. The molecule has 2 heterocycles. The molecule has 1 fully saturated rings. The van der Waals surface area contributed by atoms with Gasteiger partial charge in [0.1, 0.15) is 41.5 Å². The standard InChI is InChI=1S/C31H31NO12/c33-14-24-26(36)27(37)28(38)31(44-24)42-10-2-1-9-32-29(39)15-3-6-18(30(40)41)21(11-15)25-19-7-4-16(34)12-22(19)43-23-13-17(35)5-8-20(23)25/h3-8,11-13,24,26-28,31,33-34,36-38H,1-2,9-10,14H2,(H,32,39)(H,40,41)/t24-,26-,27+,28+,31+/m1/s1. The number of carbonyl (C=O) groups is 2. The van der Waals surface area contributed by atoms with Gasteiger partial charge >= 0.3 is 5.97 Å². The van der Waals surface area contributed by atoms with E-state index < -0.39 is 49.2 Å². The van der Waals surface area contributed by atoms with Crippen LogP contribution in [0.5, 0.6) is 5.75 Å². The Morgan fingerprint density at radius 1 is 0.909 bits per heavy atom. The third-order valence-corrected chi connectivity index (χ3v) is 7.45. The molecule has 0 spiro atoms. The first-order valence-corrected chi connectivity index (χ1v) is 13.9. The largest absolute Gasteiger partial charge is 0.508 e. The molecule has 1 aliphatic carbocycles. The number of nitrogens with one attached hydrogen (secondary N) is 1. The minimum Gasteiger partial charge on any atom is -0.508 e. The zero-order valence-electron chi connectivity index (χ0n) is 23.3. The SMILES string of the molecule is O=C(NCCCCO[C@H]1O[C@H](CO)[C@@H](O)[C@H](O)[C@@H]1O)c1ccc(C(=O)O)c(-c2c3ccc(=O)cc-3oc3cc(O)ccc23)c1. The number of rotatable bonds is 10. The Labute approximate surface area is 249 Å². The van der Waals surface area contributed by atoms with E-state index in [4.69, 9.17) is 13.9 Å². The van der Waals surface area contributed by atoms with Gasteiger partial charge in [-0.2, -0.15) is 0 Å². The molecule has 13 nitrogen and oxygen atoms in total. The lowest BCUT2D eigenvalue weighted by Gasteiger charge is -2.39. The van der Waals surface area contributed by atoms with Crippen molar-refractivity contribution in [1.82, 2.24) is 5.32 Å². The van der Waals surface area contributed by atoms with E-state index in [0.717, 1.165) is 0 Å². The number of unbranched alkanes of at least 4 members (excludes halogenated alkanes) is 1. The molecular formula is C31H31NO12. The van der Waals surface area contributed by atoms with E-state index in [0.29, 0.717) is 29.4 Å². The van der Waals surface area contributed by atoms with Crippen molar-refractivity contribution in [1.29, 1.82) is 0 Å². The molecule has 44 heavy (non-hydrogen) atoms. The number of carboxylic acids is 1. The van der Waals surface area contributed by atoms with Crippen LogP contribution in [-0.2, 0) is 9.47 Å². The van der Waals surface area contributed by atoms with Crippen molar-refractivity contribution in [2.24, 2.45) is 0 Å². The first-order valence-electron chi connectivity index (χ1n) is 13.9. The molecule has 0 radical (unpaired) electrons. The van der Waals surface area contributed by atoms with E-state index in [2.05, 4.69) is 5.32 Å². The van der Waals surface area contributed by atoms with Gasteiger partial charge in [-0.15, -0.1) is 0 Å². The van der Waals surface area contributed by atoms with Gasteiger partial charge in [-0.3, -0.25) is 9.59 Å². The summed E-state index contributed by atoms with van der Waals surface area (Å²) in [5, 5.41) is 62.3. The van der Waals surface area contributed by atoms with E-state index in [-0.39, 0.29) is 52.4 Å². The van der Waals surface area contributed by atoms with E-state index in [9.17, 15) is 45.0 Å². The number of amides is 1. The number of aliphatic hydroxyl groups is 4. The lowest BCUT2D eigenvalue weighted by atomic mass is 9.89. The molecular weight excluding hydrogens is 578 g/mol. The molecule has 3 aliphatic rings. The van der Waals surface area contributed by atoms with E-state index in [1.165, 1.54) is 48.5 Å². The van der Waals surface area contributed by atoms with Crippen molar-refractivity contribution in [2.45, 2.75) is 43.5 Å². The molecule has 13 heteroatoms. The van der Waals surface area contributed by atoms with Crippen LogP contribution in [0.2, 0.25) is 0 Å². The predicted octanol–water partition coefficient (Wildman–Crippen LogP) is 1.30. The average molecular weight is 610 g/mol. The monoisotopic (exact) mass is 609 g/mol. The third kappa shape index (κ3) is 6.28. The molecule has 0 aromatic heterocycles. The molecule has 0 saturated carbocycles. The number of fused-ring (bicyclic) bond motifs is 2. The van der Waals surface area contributed by atoms with Gasteiger partial charge in [0.15, 0.2) is 11.7 Å². The minimum absolute atomic E-state index is 0.0834. The van der Waals surface area contributed by atoms with Crippen molar-refractivity contribution < 1.29 is 54.1 Å². The van der Waals surface area contributed by atoms with Crippen LogP contribution < -0.4 is 10.7 Å². The summed E-state index contributed by atoms with van der Waals surface area (Å²) < 4.78 is 16.6. The van der Waals surface area contributed by atoms with Gasteiger partial charge in [0.25, 0.3) is 5.91 Å². The number of hydrogen-bond acceptors (Lipinski definition) is 11. The number of benzene rings is 3. The molecule has 1 saturated heterocycles. The van der Waals surface area contributed by atoms with Crippen LogP contribution >= 0.6 is 0 Å².